The third-order valence-corrected chi connectivity index (χ3v) is 2.83. The Bertz CT molecular complexity index is 388. The quantitative estimate of drug-likeness (QED) is 0.690. The lowest BCUT2D eigenvalue weighted by Gasteiger charge is -2.06. The van der Waals surface area contributed by atoms with E-state index in [1.165, 1.54) is 19.0 Å². The molecule has 0 amide bonds. The van der Waals surface area contributed by atoms with E-state index in [0.717, 1.165) is 32.1 Å². The van der Waals surface area contributed by atoms with Crippen molar-refractivity contribution in [3.8, 4) is 0 Å². The van der Waals surface area contributed by atoms with E-state index < -0.39 is 5.97 Å². The minimum Gasteiger partial charge on any atom is -0.478 e. The average molecular weight is 250 g/mol. The minimum absolute atomic E-state index is 0.202. The first-order valence-electron chi connectivity index (χ1n) is 6.26. The standard InChI is InChI=1S/C13H18N2O3/c16-13(17)11-4-5-12(15-8-11)14-6-1-7-18-9-10-2-3-10/h4-5,8,10H,1-3,6-7,9H2,(H,14,15)(H,16,17). The summed E-state index contributed by atoms with van der Waals surface area (Å²) in [5, 5.41) is 11.9. The van der Waals surface area contributed by atoms with Crippen LogP contribution < -0.4 is 5.32 Å². The molecular weight excluding hydrogens is 232 g/mol. The van der Waals surface area contributed by atoms with Crippen molar-refractivity contribution in [2.75, 3.05) is 25.1 Å². The number of anilines is 1. The Morgan fingerprint density at radius 1 is 1.50 bits per heavy atom. The topological polar surface area (TPSA) is 71.5 Å². The van der Waals surface area contributed by atoms with Crippen LogP contribution in [0.5, 0.6) is 0 Å². The van der Waals surface area contributed by atoms with Gasteiger partial charge in [-0.05, 0) is 37.3 Å². The lowest BCUT2D eigenvalue weighted by Crippen LogP contribution is -2.08. The van der Waals surface area contributed by atoms with Gasteiger partial charge in [0.15, 0.2) is 0 Å². The molecule has 1 fully saturated rings. The molecule has 0 atom stereocenters. The normalized spacial score (nSPS) is 14.4. The molecule has 2 rings (SSSR count). The van der Waals surface area contributed by atoms with Gasteiger partial charge in [0.2, 0.25) is 0 Å². The third-order valence-electron chi connectivity index (χ3n) is 2.83. The molecule has 0 aliphatic heterocycles. The summed E-state index contributed by atoms with van der Waals surface area (Å²) in [6, 6.07) is 3.22. The maximum Gasteiger partial charge on any atom is 0.337 e. The highest BCUT2D eigenvalue weighted by Crippen LogP contribution is 2.28. The Morgan fingerprint density at radius 2 is 2.33 bits per heavy atom. The second-order valence-corrected chi connectivity index (χ2v) is 4.54. The van der Waals surface area contributed by atoms with E-state index in [2.05, 4.69) is 10.3 Å². The van der Waals surface area contributed by atoms with E-state index in [4.69, 9.17) is 9.84 Å². The molecule has 18 heavy (non-hydrogen) atoms. The Balaban J connectivity index is 1.58. The highest BCUT2D eigenvalue weighted by atomic mass is 16.5. The smallest absolute Gasteiger partial charge is 0.337 e. The fourth-order valence-electron chi connectivity index (χ4n) is 1.55. The van der Waals surface area contributed by atoms with Gasteiger partial charge >= 0.3 is 5.97 Å². The van der Waals surface area contributed by atoms with E-state index in [9.17, 15) is 4.79 Å². The number of nitrogens with zero attached hydrogens (tertiary/aromatic N) is 1. The molecule has 0 spiro atoms. The molecular formula is C13H18N2O3. The molecule has 1 heterocycles. The summed E-state index contributed by atoms with van der Waals surface area (Å²) < 4.78 is 5.51. The lowest BCUT2D eigenvalue weighted by molar-refractivity contribution is 0.0696. The van der Waals surface area contributed by atoms with Crippen LogP contribution in [0.3, 0.4) is 0 Å². The van der Waals surface area contributed by atoms with E-state index in [0.29, 0.717) is 5.82 Å². The van der Waals surface area contributed by atoms with Crippen molar-refractivity contribution < 1.29 is 14.6 Å². The van der Waals surface area contributed by atoms with Gasteiger partial charge in [0, 0.05) is 26.0 Å². The number of pyridine rings is 1. The maximum atomic E-state index is 10.6. The SMILES string of the molecule is O=C(O)c1ccc(NCCCOCC2CC2)nc1. The molecule has 5 nitrogen and oxygen atoms in total. The molecule has 0 saturated heterocycles. The Labute approximate surface area is 106 Å². The number of carbonyl (C=O) groups is 1. The summed E-state index contributed by atoms with van der Waals surface area (Å²) in [4.78, 5) is 14.7. The van der Waals surface area contributed by atoms with Gasteiger partial charge in [0.1, 0.15) is 5.82 Å². The fourth-order valence-corrected chi connectivity index (χ4v) is 1.55. The summed E-state index contributed by atoms with van der Waals surface area (Å²) >= 11 is 0. The molecule has 1 aliphatic rings. The van der Waals surface area contributed by atoms with Crippen molar-refractivity contribution in [2.45, 2.75) is 19.3 Å². The van der Waals surface area contributed by atoms with E-state index in [1.807, 2.05) is 0 Å². The van der Waals surface area contributed by atoms with Crippen molar-refractivity contribution >= 4 is 11.8 Å². The number of carboxylic acids is 1. The number of rotatable bonds is 8. The highest BCUT2D eigenvalue weighted by Gasteiger charge is 2.20. The highest BCUT2D eigenvalue weighted by molar-refractivity contribution is 5.87. The molecule has 1 aromatic heterocycles. The Hall–Kier alpha value is -1.62. The molecule has 2 N–H and O–H groups in total. The molecule has 1 saturated carbocycles. The van der Waals surface area contributed by atoms with Crippen molar-refractivity contribution in [2.24, 2.45) is 5.92 Å². The predicted molar refractivity (Wildman–Crippen MR) is 67.8 cm³/mol. The van der Waals surface area contributed by atoms with Gasteiger partial charge in [0.25, 0.3) is 0 Å². The average Bonchev–Trinajstić information content (AvgIpc) is 3.18. The van der Waals surface area contributed by atoms with Crippen molar-refractivity contribution in [3.63, 3.8) is 0 Å². The van der Waals surface area contributed by atoms with Gasteiger partial charge in [-0.2, -0.15) is 0 Å². The summed E-state index contributed by atoms with van der Waals surface area (Å²) in [5.41, 5.74) is 0.202. The first kappa shape index (κ1) is 12.8. The summed E-state index contributed by atoms with van der Waals surface area (Å²) in [6.07, 6.45) is 4.92. The van der Waals surface area contributed by atoms with Crippen LogP contribution in [0.15, 0.2) is 18.3 Å². The molecule has 1 aromatic rings. The fraction of sp³-hybridized carbons (Fsp3) is 0.538. The van der Waals surface area contributed by atoms with Crippen LogP contribution >= 0.6 is 0 Å². The molecule has 0 aromatic carbocycles. The van der Waals surface area contributed by atoms with Crippen LogP contribution in [0.4, 0.5) is 5.82 Å². The molecule has 0 radical (unpaired) electrons. The van der Waals surface area contributed by atoms with Crippen molar-refractivity contribution in [1.29, 1.82) is 0 Å². The Morgan fingerprint density at radius 3 is 2.94 bits per heavy atom. The zero-order valence-corrected chi connectivity index (χ0v) is 10.3. The van der Waals surface area contributed by atoms with Crippen LogP contribution in [0.2, 0.25) is 0 Å². The second-order valence-electron chi connectivity index (χ2n) is 4.54. The van der Waals surface area contributed by atoms with Gasteiger partial charge in [-0.1, -0.05) is 0 Å². The summed E-state index contributed by atoms with van der Waals surface area (Å²) in [6.45, 7) is 2.44. The molecule has 98 valence electrons. The number of nitrogens with one attached hydrogen (secondary N) is 1. The van der Waals surface area contributed by atoms with Crippen LogP contribution in [0.25, 0.3) is 0 Å². The van der Waals surface area contributed by atoms with Gasteiger partial charge in [-0.15, -0.1) is 0 Å². The first-order valence-corrected chi connectivity index (χ1v) is 6.26. The monoisotopic (exact) mass is 250 g/mol. The van der Waals surface area contributed by atoms with Gasteiger partial charge in [-0.25, -0.2) is 9.78 Å². The van der Waals surface area contributed by atoms with Crippen LogP contribution in [-0.4, -0.2) is 35.8 Å². The van der Waals surface area contributed by atoms with Gasteiger partial charge < -0.3 is 15.2 Å². The summed E-state index contributed by atoms with van der Waals surface area (Å²) in [5.74, 6) is 0.549. The van der Waals surface area contributed by atoms with Crippen molar-refractivity contribution in [3.05, 3.63) is 23.9 Å². The summed E-state index contributed by atoms with van der Waals surface area (Å²) in [7, 11) is 0. The van der Waals surface area contributed by atoms with Gasteiger partial charge in [-0.3, -0.25) is 0 Å². The number of hydrogen-bond donors (Lipinski definition) is 2. The Kier molecular flexibility index (Phi) is 4.52. The molecule has 1 aliphatic carbocycles. The van der Waals surface area contributed by atoms with Crippen LogP contribution in [-0.2, 0) is 4.74 Å². The first-order chi connectivity index (χ1) is 8.75. The van der Waals surface area contributed by atoms with Crippen LogP contribution in [0.1, 0.15) is 29.6 Å². The molecule has 5 heteroatoms. The van der Waals surface area contributed by atoms with Gasteiger partial charge in [0.05, 0.1) is 5.56 Å². The number of aromatic carboxylic acids is 1. The maximum absolute atomic E-state index is 10.6. The lowest BCUT2D eigenvalue weighted by atomic mass is 10.3. The number of aromatic nitrogens is 1. The molecule has 0 bridgehead atoms. The number of ether oxygens (including phenoxy) is 1. The number of carboxylic acid groups (broad SMARTS) is 1. The zero-order valence-electron chi connectivity index (χ0n) is 10.3. The molecule has 0 unspecified atom stereocenters. The minimum atomic E-state index is -0.956. The second kappa shape index (κ2) is 6.35. The largest absolute Gasteiger partial charge is 0.478 e. The third kappa shape index (κ3) is 4.33. The number of hydrogen-bond acceptors (Lipinski definition) is 4. The zero-order chi connectivity index (χ0) is 12.8. The van der Waals surface area contributed by atoms with Crippen molar-refractivity contribution in [1.82, 2.24) is 4.98 Å². The van der Waals surface area contributed by atoms with E-state index >= 15 is 0 Å². The van der Waals surface area contributed by atoms with E-state index in [1.54, 1.807) is 12.1 Å². The predicted octanol–water partition coefficient (Wildman–Crippen LogP) is 2.01. The van der Waals surface area contributed by atoms with E-state index in [-0.39, 0.29) is 5.56 Å². The van der Waals surface area contributed by atoms with Crippen LogP contribution in [0, 0.1) is 5.92 Å².